The number of hydrogen-bond donors (Lipinski definition) is 1. The van der Waals surface area contributed by atoms with Gasteiger partial charge in [-0.2, -0.15) is 0 Å². The van der Waals surface area contributed by atoms with Crippen LogP contribution in [-0.4, -0.2) is 12.2 Å². The summed E-state index contributed by atoms with van der Waals surface area (Å²) >= 11 is 3.13. The Morgan fingerprint density at radius 1 is 1.47 bits per heavy atom. The van der Waals surface area contributed by atoms with Gasteiger partial charge in [0.25, 0.3) is 0 Å². The van der Waals surface area contributed by atoms with Crippen LogP contribution in [-0.2, 0) is 5.60 Å². The molecule has 0 unspecified atom stereocenters. The second-order valence-corrected chi connectivity index (χ2v) is 4.75. The molecule has 4 heteroatoms. The fourth-order valence-electron chi connectivity index (χ4n) is 1.54. The first-order valence-electron chi connectivity index (χ1n) is 4.54. The van der Waals surface area contributed by atoms with Crippen LogP contribution in [0.3, 0.4) is 0 Å². The van der Waals surface area contributed by atoms with Gasteiger partial charge in [0.15, 0.2) is 0 Å². The third-order valence-corrected chi connectivity index (χ3v) is 2.95. The molecular weight excluding hydrogens is 263 g/mol. The van der Waals surface area contributed by atoms with Crippen LogP contribution in [0.4, 0.5) is 4.39 Å². The molecule has 15 heavy (non-hydrogen) atoms. The highest BCUT2D eigenvalue weighted by Gasteiger charge is 2.27. The van der Waals surface area contributed by atoms with E-state index in [9.17, 15) is 9.50 Å². The molecule has 1 rings (SSSR count). The summed E-state index contributed by atoms with van der Waals surface area (Å²) in [5.74, 6) is 0.112. The maximum absolute atomic E-state index is 13.5. The Morgan fingerprint density at radius 2 is 2.00 bits per heavy atom. The van der Waals surface area contributed by atoms with Gasteiger partial charge in [-0.1, -0.05) is 0 Å². The zero-order chi connectivity index (χ0) is 11.8. The SMILES string of the molecule is COc1c(C)cc(F)c(Br)c1C(C)(C)O. The van der Waals surface area contributed by atoms with Crippen LogP contribution in [0, 0.1) is 12.7 Å². The number of hydrogen-bond acceptors (Lipinski definition) is 2. The molecule has 0 saturated carbocycles. The molecule has 1 aromatic carbocycles. The highest BCUT2D eigenvalue weighted by Crippen LogP contribution is 2.39. The van der Waals surface area contributed by atoms with Gasteiger partial charge in [0.1, 0.15) is 11.6 Å². The molecular formula is C11H14BrFO2. The summed E-state index contributed by atoms with van der Waals surface area (Å²) in [6.45, 7) is 4.92. The van der Waals surface area contributed by atoms with Gasteiger partial charge in [-0.3, -0.25) is 0 Å². The fraction of sp³-hybridized carbons (Fsp3) is 0.455. The lowest BCUT2D eigenvalue weighted by Crippen LogP contribution is -2.19. The van der Waals surface area contributed by atoms with Crippen molar-refractivity contribution in [2.45, 2.75) is 26.4 Å². The summed E-state index contributed by atoms with van der Waals surface area (Å²) in [5.41, 5.74) is -0.0605. The topological polar surface area (TPSA) is 29.5 Å². The Balaban J connectivity index is 3.59. The van der Waals surface area contributed by atoms with Crippen LogP contribution >= 0.6 is 15.9 Å². The number of rotatable bonds is 2. The smallest absolute Gasteiger partial charge is 0.138 e. The Kier molecular flexibility index (Phi) is 3.41. The molecule has 0 fully saturated rings. The minimum absolute atomic E-state index is 0.248. The average molecular weight is 277 g/mol. The predicted molar refractivity (Wildman–Crippen MR) is 60.6 cm³/mol. The monoisotopic (exact) mass is 276 g/mol. The van der Waals surface area contributed by atoms with E-state index in [1.165, 1.54) is 13.2 Å². The van der Waals surface area contributed by atoms with E-state index < -0.39 is 11.4 Å². The molecule has 0 aliphatic rings. The van der Waals surface area contributed by atoms with Crippen LogP contribution in [0.15, 0.2) is 10.5 Å². The Bertz CT molecular complexity index is 383. The summed E-state index contributed by atoms with van der Waals surface area (Å²) in [6, 6.07) is 1.37. The van der Waals surface area contributed by atoms with Gasteiger partial charge in [-0.25, -0.2) is 4.39 Å². The summed E-state index contributed by atoms with van der Waals surface area (Å²) in [5, 5.41) is 9.95. The molecule has 0 aromatic heterocycles. The molecule has 0 heterocycles. The van der Waals surface area contributed by atoms with Crippen molar-refractivity contribution in [1.82, 2.24) is 0 Å². The molecule has 0 atom stereocenters. The summed E-state index contributed by atoms with van der Waals surface area (Å²) in [7, 11) is 1.50. The molecule has 1 N–H and O–H groups in total. The number of aliphatic hydroxyl groups is 1. The van der Waals surface area contributed by atoms with Crippen molar-refractivity contribution in [3.05, 3.63) is 27.5 Å². The maximum Gasteiger partial charge on any atom is 0.138 e. The third kappa shape index (κ3) is 2.32. The van der Waals surface area contributed by atoms with Crippen molar-refractivity contribution in [1.29, 1.82) is 0 Å². The van der Waals surface area contributed by atoms with E-state index in [1.807, 2.05) is 0 Å². The Morgan fingerprint density at radius 3 is 2.40 bits per heavy atom. The lowest BCUT2D eigenvalue weighted by Gasteiger charge is -2.24. The molecule has 0 amide bonds. The van der Waals surface area contributed by atoms with Crippen molar-refractivity contribution in [3.8, 4) is 5.75 Å². The first kappa shape index (κ1) is 12.5. The highest BCUT2D eigenvalue weighted by molar-refractivity contribution is 9.10. The van der Waals surface area contributed by atoms with Gasteiger partial charge in [0, 0.05) is 5.56 Å². The van der Waals surface area contributed by atoms with E-state index in [-0.39, 0.29) is 4.47 Å². The zero-order valence-corrected chi connectivity index (χ0v) is 10.8. The van der Waals surface area contributed by atoms with Crippen LogP contribution in [0.2, 0.25) is 0 Å². The molecule has 0 bridgehead atoms. The molecule has 0 radical (unpaired) electrons. The first-order chi connectivity index (χ1) is 6.79. The van der Waals surface area contributed by atoms with Crippen molar-refractivity contribution >= 4 is 15.9 Å². The number of benzene rings is 1. The molecule has 84 valence electrons. The highest BCUT2D eigenvalue weighted by atomic mass is 79.9. The normalized spacial score (nSPS) is 11.7. The Hall–Kier alpha value is -0.610. The summed E-state index contributed by atoms with van der Waals surface area (Å²) in [6.07, 6.45) is 0. The van der Waals surface area contributed by atoms with Crippen LogP contribution < -0.4 is 4.74 Å². The first-order valence-corrected chi connectivity index (χ1v) is 5.33. The van der Waals surface area contributed by atoms with Crippen molar-refractivity contribution in [2.75, 3.05) is 7.11 Å². The van der Waals surface area contributed by atoms with E-state index >= 15 is 0 Å². The van der Waals surface area contributed by atoms with E-state index in [0.717, 1.165) is 0 Å². The van der Waals surface area contributed by atoms with E-state index in [2.05, 4.69) is 15.9 Å². The minimum atomic E-state index is -1.16. The second-order valence-electron chi connectivity index (χ2n) is 3.96. The predicted octanol–water partition coefficient (Wildman–Crippen LogP) is 3.13. The van der Waals surface area contributed by atoms with Crippen LogP contribution in [0.1, 0.15) is 25.0 Å². The molecule has 0 aliphatic heterocycles. The van der Waals surface area contributed by atoms with Gasteiger partial charge in [-0.15, -0.1) is 0 Å². The Labute approximate surface area is 97.2 Å². The van der Waals surface area contributed by atoms with Crippen molar-refractivity contribution < 1.29 is 14.2 Å². The molecule has 0 aliphatic carbocycles. The van der Waals surface area contributed by atoms with Gasteiger partial charge in [-0.05, 0) is 48.3 Å². The van der Waals surface area contributed by atoms with Gasteiger partial charge in [0.2, 0.25) is 0 Å². The third-order valence-electron chi connectivity index (χ3n) is 2.17. The van der Waals surface area contributed by atoms with E-state index in [1.54, 1.807) is 20.8 Å². The average Bonchev–Trinajstić information content (AvgIpc) is 2.08. The van der Waals surface area contributed by atoms with Gasteiger partial charge < -0.3 is 9.84 Å². The van der Waals surface area contributed by atoms with Crippen LogP contribution in [0.5, 0.6) is 5.75 Å². The molecule has 0 saturated heterocycles. The standard InChI is InChI=1S/C11H14BrFO2/c1-6-5-7(13)9(12)8(10(6)15-4)11(2,3)14/h5,14H,1-4H3. The zero-order valence-electron chi connectivity index (χ0n) is 9.19. The summed E-state index contributed by atoms with van der Waals surface area (Å²) in [4.78, 5) is 0. The van der Waals surface area contributed by atoms with Crippen LogP contribution in [0.25, 0.3) is 0 Å². The van der Waals surface area contributed by atoms with Crippen molar-refractivity contribution in [3.63, 3.8) is 0 Å². The molecule has 2 nitrogen and oxygen atoms in total. The lowest BCUT2D eigenvalue weighted by molar-refractivity contribution is 0.0742. The number of aryl methyl sites for hydroxylation is 1. The fourth-order valence-corrected chi connectivity index (χ4v) is 2.32. The molecule has 0 spiro atoms. The second kappa shape index (κ2) is 4.10. The number of halogens is 2. The quantitative estimate of drug-likeness (QED) is 0.899. The number of ether oxygens (including phenoxy) is 1. The number of methoxy groups -OCH3 is 1. The van der Waals surface area contributed by atoms with Gasteiger partial charge >= 0.3 is 0 Å². The largest absolute Gasteiger partial charge is 0.496 e. The molecule has 1 aromatic rings. The summed E-state index contributed by atoms with van der Waals surface area (Å²) < 4.78 is 18.9. The minimum Gasteiger partial charge on any atom is -0.496 e. The van der Waals surface area contributed by atoms with Gasteiger partial charge in [0.05, 0.1) is 17.2 Å². The maximum atomic E-state index is 13.5. The lowest BCUT2D eigenvalue weighted by atomic mass is 9.95. The van der Waals surface area contributed by atoms with E-state index in [0.29, 0.717) is 16.9 Å². The van der Waals surface area contributed by atoms with E-state index in [4.69, 9.17) is 4.74 Å². The van der Waals surface area contributed by atoms with Crippen molar-refractivity contribution in [2.24, 2.45) is 0 Å².